The Morgan fingerprint density at radius 2 is 1.69 bits per heavy atom. The normalized spacial score (nSPS) is 11.7. The van der Waals surface area contributed by atoms with Gasteiger partial charge >= 0.3 is 0 Å². The van der Waals surface area contributed by atoms with Crippen molar-refractivity contribution in [2.45, 2.75) is 25.7 Å². The maximum absolute atomic E-state index is 13.5. The molecule has 3 rings (SSSR count). The molecule has 3 aromatic carbocycles. The Labute approximate surface area is 208 Å². The van der Waals surface area contributed by atoms with E-state index in [-0.39, 0.29) is 16.3 Å². The number of nitrogens with one attached hydrogen (secondary N) is 1. The summed E-state index contributed by atoms with van der Waals surface area (Å²) in [7, 11) is -4.11. The Kier molecular flexibility index (Phi) is 7.88. The number of halogens is 1. The smallest absolute Gasteiger partial charge is 0.269 e. The minimum atomic E-state index is -4.11. The average Bonchev–Trinajstić information content (AvgIpc) is 2.83. The van der Waals surface area contributed by atoms with Crippen LogP contribution in [0.4, 0.5) is 11.4 Å². The molecule has 0 fully saturated rings. The second kappa shape index (κ2) is 10.7. The topological polar surface area (TPSA) is 122 Å². The number of nitrogens with zero attached hydrogens (tertiary/aromatic N) is 3. The molecule has 0 atom stereocenters. The van der Waals surface area contributed by atoms with Crippen LogP contribution in [0.5, 0.6) is 0 Å². The van der Waals surface area contributed by atoms with Gasteiger partial charge in [0.25, 0.3) is 21.6 Å². The van der Waals surface area contributed by atoms with E-state index in [9.17, 15) is 23.3 Å². The lowest BCUT2D eigenvalue weighted by molar-refractivity contribution is -0.384. The molecular formula is C24H23ClN4O5S. The van der Waals surface area contributed by atoms with Gasteiger partial charge in [0, 0.05) is 17.2 Å². The number of nitro benzene ring substituents is 1. The lowest BCUT2D eigenvalue weighted by atomic mass is 10.1. The molecule has 11 heteroatoms. The summed E-state index contributed by atoms with van der Waals surface area (Å²) in [6.07, 6.45) is 0. The van der Waals surface area contributed by atoms with Gasteiger partial charge in [0.1, 0.15) is 6.54 Å². The first-order valence-corrected chi connectivity index (χ1v) is 12.2. The van der Waals surface area contributed by atoms with Gasteiger partial charge < -0.3 is 0 Å². The van der Waals surface area contributed by atoms with E-state index in [0.29, 0.717) is 21.9 Å². The number of non-ortho nitro benzene ring substituents is 1. The molecule has 0 bridgehead atoms. The fourth-order valence-electron chi connectivity index (χ4n) is 3.20. The molecule has 35 heavy (non-hydrogen) atoms. The zero-order valence-corrected chi connectivity index (χ0v) is 20.8. The van der Waals surface area contributed by atoms with Crippen molar-refractivity contribution in [1.29, 1.82) is 0 Å². The standard InChI is InChI=1S/C24H23ClN4O5S/c1-16-7-13-21(14-8-16)35(33,34)28(23-6-4-5-22(25)17(23)2)15-24(30)27-26-18(3)19-9-11-20(12-10-19)29(31)32/h4-14H,15H2,1-3H3,(H,27,30)/b26-18-. The van der Waals surface area contributed by atoms with Crippen LogP contribution < -0.4 is 9.73 Å². The van der Waals surface area contributed by atoms with Crippen LogP contribution in [0, 0.1) is 24.0 Å². The van der Waals surface area contributed by atoms with Crippen LogP contribution in [0.15, 0.2) is 76.7 Å². The van der Waals surface area contributed by atoms with E-state index >= 15 is 0 Å². The summed E-state index contributed by atoms with van der Waals surface area (Å²) >= 11 is 6.23. The fraction of sp³-hybridized carbons (Fsp3) is 0.167. The van der Waals surface area contributed by atoms with Crippen molar-refractivity contribution in [2.75, 3.05) is 10.8 Å². The molecule has 9 nitrogen and oxygen atoms in total. The Bertz CT molecular complexity index is 1390. The third kappa shape index (κ3) is 6.03. The second-order valence-electron chi connectivity index (χ2n) is 7.74. The molecule has 3 aromatic rings. The molecular weight excluding hydrogens is 492 g/mol. The highest BCUT2D eigenvalue weighted by molar-refractivity contribution is 7.92. The number of hydrogen-bond acceptors (Lipinski definition) is 6. The highest BCUT2D eigenvalue weighted by Crippen LogP contribution is 2.30. The Hall–Kier alpha value is -3.76. The Morgan fingerprint density at radius 3 is 2.29 bits per heavy atom. The van der Waals surface area contributed by atoms with Gasteiger partial charge in [0.2, 0.25) is 0 Å². The zero-order valence-electron chi connectivity index (χ0n) is 19.2. The lowest BCUT2D eigenvalue weighted by Gasteiger charge is -2.25. The highest BCUT2D eigenvalue weighted by Gasteiger charge is 2.28. The predicted octanol–water partition coefficient (Wildman–Crippen LogP) is 4.60. The molecule has 0 radical (unpaired) electrons. The van der Waals surface area contributed by atoms with E-state index in [1.54, 1.807) is 44.2 Å². The van der Waals surface area contributed by atoms with Crippen molar-refractivity contribution < 1.29 is 18.1 Å². The van der Waals surface area contributed by atoms with Crippen LogP contribution in [0.3, 0.4) is 0 Å². The number of amides is 1. The fourth-order valence-corrected chi connectivity index (χ4v) is 4.85. The largest absolute Gasteiger partial charge is 0.271 e. The van der Waals surface area contributed by atoms with Crippen LogP contribution in [0.25, 0.3) is 0 Å². The number of carbonyl (C=O) groups is 1. The van der Waals surface area contributed by atoms with Crippen molar-refractivity contribution in [3.05, 3.63) is 98.6 Å². The quantitative estimate of drug-likeness (QED) is 0.267. The van der Waals surface area contributed by atoms with Gasteiger partial charge in [-0.3, -0.25) is 19.2 Å². The van der Waals surface area contributed by atoms with Crippen LogP contribution in [-0.2, 0) is 14.8 Å². The molecule has 0 aliphatic rings. The van der Waals surface area contributed by atoms with Gasteiger partial charge in [0.15, 0.2) is 0 Å². The number of hydrogen-bond donors (Lipinski definition) is 1. The summed E-state index contributed by atoms with van der Waals surface area (Å²) in [6, 6.07) is 16.8. The van der Waals surface area contributed by atoms with E-state index in [4.69, 9.17) is 11.6 Å². The number of aryl methyl sites for hydroxylation is 1. The summed E-state index contributed by atoms with van der Waals surface area (Å²) in [5, 5.41) is 15.2. The van der Waals surface area contributed by atoms with Crippen molar-refractivity contribution in [3.8, 4) is 0 Å². The minimum absolute atomic E-state index is 0.0286. The SMILES string of the molecule is C/C(=N/NC(=O)CN(c1cccc(Cl)c1C)S(=O)(=O)c1ccc(C)cc1)c1ccc([N+](=O)[O-])cc1. The van der Waals surface area contributed by atoms with Crippen molar-refractivity contribution in [3.63, 3.8) is 0 Å². The number of rotatable bonds is 8. The van der Waals surface area contributed by atoms with Crippen LogP contribution in [0.2, 0.25) is 5.02 Å². The van der Waals surface area contributed by atoms with E-state index in [1.165, 1.54) is 36.4 Å². The van der Waals surface area contributed by atoms with E-state index < -0.39 is 27.4 Å². The van der Waals surface area contributed by atoms with Crippen LogP contribution in [-0.4, -0.2) is 31.5 Å². The van der Waals surface area contributed by atoms with Crippen LogP contribution in [0.1, 0.15) is 23.6 Å². The maximum atomic E-state index is 13.5. The third-order valence-electron chi connectivity index (χ3n) is 5.25. The molecule has 0 spiro atoms. The van der Waals surface area contributed by atoms with Gasteiger partial charge in [-0.05, 0) is 68.3 Å². The first-order valence-electron chi connectivity index (χ1n) is 10.4. The number of nitro groups is 1. The summed E-state index contributed by atoms with van der Waals surface area (Å²) in [6.45, 7) is 4.58. The summed E-state index contributed by atoms with van der Waals surface area (Å²) in [5.74, 6) is -0.679. The predicted molar refractivity (Wildman–Crippen MR) is 135 cm³/mol. The molecule has 0 aromatic heterocycles. The van der Waals surface area contributed by atoms with Gasteiger partial charge in [-0.1, -0.05) is 35.4 Å². The first kappa shape index (κ1) is 25.9. The first-order chi connectivity index (χ1) is 16.5. The van der Waals surface area contributed by atoms with Crippen molar-refractivity contribution >= 4 is 44.6 Å². The molecule has 1 N–H and O–H groups in total. The molecule has 0 heterocycles. The van der Waals surface area contributed by atoms with E-state index in [1.807, 2.05) is 6.92 Å². The molecule has 0 saturated carbocycles. The second-order valence-corrected chi connectivity index (χ2v) is 10.0. The molecule has 0 unspecified atom stereocenters. The number of carbonyl (C=O) groups excluding carboxylic acids is 1. The molecule has 182 valence electrons. The van der Waals surface area contributed by atoms with Gasteiger partial charge in [0.05, 0.1) is 21.2 Å². The van der Waals surface area contributed by atoms with E-state index in [0.717, 1.165) is 9.87 Å². The van der Waals surface area contributed by atoms with Crippen LogP contribution >= 0.6 is 11.6 Å². The molecule has 0 aliphatic heterocycles. The zero-order chi connectivity index (χ0) is 25.8. The van der Waals surface area contributed by atoms with E-state index in [2.05, 4.69) is 10.5 Å². The monoisotopic (exact) mass is 514 g/mol. The lowest BCUT2D eigenvalue weighted by Crippen LogP contribution is -2.40. The summed E-state index contributed by atoms with van der Waals surface area (Å²) in [5.41, 5.74) is 4.90. The highest BCUT2D eigenvalue weighted by atomic mass is 35.5. The number of sulfonamides is 1. The van der Waals surface area contributed by atoms with Gasteiger partial charge in [-0.15, -0.1) is 0 Å². The number of benzene rings is 3. The summed E-state index contributed by atoms with van der Waals surface area (Å²) < 4.78 is 28.0. The number of anilines is 1. The maximum Gasteiger partial charge on any atom is 0.269 e. The minimum Gasteiger partial charge on any atom is -0.271 e. The Balaban J connectivity index is 1.89. The van der Waals surface area contributed by atoms with Gasteiger partial charge in [-0.25, -0.2) is 13.8 Å². The van der Waals surface area contributed by atoms with Crippen molar-refractivity contribution in [1.82, 2.24) is 5.43 Å². The average molecular weight is 515 g/mol. The molecule has 0 aliphatic carbocycles. The van der Waals surface area contributed by atoms with Gasteiger partial charge in [-0.2, -0.15) is 5.10 Å². The van der Waals surface area contributed by atoms with Crippen molar-refractivity contribution in [2.24, 2.45) is 5.10 Å². The molecule has 0 saturated heterocycles. The summed E-state index contributed by atoms with van der Waals surface area (Å²) in [4.78, 5) is 23.1. The Morgan fingerprint density at radius 1 is 1.06 bits per heavy atom. The molecule has 1 amide bonds. The third-order valence-corrected chi connectivity index (χ3v) is 7.43. The number of hydrazone groups is 1.